The Morgan fingerprint density at radius 1 is 1.17 bits per heavy atom. The van der Waals surface area contributed by atoms with Gasteiger partial charge >= 0.3 is 0 Å². The van der Waals surface area contributed by atoms with Crippen LogP contribution in [0.4, 0.5) is 10.1 Å². The molecule has 0 spiro atoms. The molecule has 0 aliphatic carbocycles. The zero-order valence-electron chi connectivity index (χ0n) is 12.7. The van der Waals surface area contributed by atoms with Crippen molar-refractivity contribution in [2.45, 2.75) is 4.90 Å². The van der Waals surface area contributed by atoms with Gasteiger partial charge in [-0.05, 0) is 36.4 Å². The van der Waals surface area contributed by atoms with Gasteiger partial charge in [0.25, 0.3) is 10.0 Å². The lowest BCUT2D eigenvalue weighted by molar-refractivity contribution is -0.116. The van der Waals surface area contributed by atoms with E-state index in [0.29, 0.717) is 11.3 Å². The second kappa shape index (κ2) is 6.04. The van der Waals surface area contributed by atoms with Crippen LogP contribution >= 0.6 is 0 Å². The van der Waals surface area contributed by atoms with Crippen LogP contribution in [-0.2, 0) is 14.8 Å². The first-order valence-electron chi connectivity index (χ1n) is 7.08. The number of carbonyl (C=O) groups excluding carboxylic acids is 1. The van der Waals surface area contributed by atoms with Crippen molar-refractivity contribution >= 4 is 27.5 Å². The van der Waals surface area contributed by atoms with Crippen LogP contribution in [0.5, 0.6) is 0 Å². The molecule has 8 heteroatoms. The van der Waals surface area contributed by atoms with Crippen molar-refractivity contribution in [1.29, 1.82) is 0 Å². The molecule has 0 atom stereocenters. The topological polar surface area (TPSA) is 78.8 Å². The first-order chi connectivity index (χ1) is 11.4. The molecule has 124 valence electrons. The Morgan fingerprint density at radius 2 is 1.83 bits per heavy atom. The normalized spacial score (nSPS) is 14.7. The van der Waals surface area contributed by atoms with Gasteiger partial charge in [-0.15, -0.1) is 4.40 Å². The SMILES string of the molecule is CN(CC(=O)Nc1ccc(F)cc1)C1=NS(=O)(=O)c2ccccc21. The number of nitrogens with zero attached hydrogens (tertiary/aromatic N) is 2. The Hall–Kier alpha value is -2.74. The van der Waals surface area contributed by atoms with Crippen molar-refractivity contribution < 1.29 is 17.6 Å². The number of amidine groups is 1. The molecule has 0 radical (unpaired) electrons. The molecule has 24 heavy (non-hydrogen) atoms. The Morgan fingerprint density at radius 3 is 2.54 bits per heavy atom. The molecule has 0 saturated carbocycles. The average Bonchev–Trinajstić information content (AvgIpc) is 2.82. The van der Waals surface area contributed by atoms with E-state index in [1.807, 2.05) is 0 Å². The number of carbonyl (C=O) groups is 1. The third-order valence-electron chi connectivity index (χ3n) is 3.48. The maximum absolute atomic E-state index is 12.9. The largest absolute Gasteiger partial charge is 0.349 e. The van der Waals surface area contributed by atoms with Crippen LogP contribution in [0.1, 0.15) is 5.56 Å². The summed E-state index contributed by atoms with van der Waals surface area (Å²) in [5, 5.41) is 2.62. The Bertz CT molecular complexity index is 924. The third kappa shape index (κ3) is 3.13. The Balaban J connectivity index is 1.75. The number of hydrogen-bond acceptors (Lipinski definition) is 4. The molecule has 0 bridgehead atoms. The van der Waals surface area contributed by atoms with E-state index in [-0.39, 0.29) is 23.2 Å². The minimum atomic E-state index is -3.73. The summed E-state index contributed by atoms with van der Waals surface area (Å²) in [4.78, 5) is 13.7. The molecule has 1 heterocycles. The second-order valence-corrected chi connectivity index (χ2v) is 6.87. The Kier molecular flexibility index (Phi) is 4.06. The van der Waals surface area contributed by atoms with Gasteiger partial charge in [0.15, 0.2) is 5.84 Å². The third-order valence-corrected chi connectivity index (χ3v) is 4.81. The van der Waals surface area contributed by atoms with Crippen LogP contribution in [0.25, 0.3) is 0 Å². The van der Waals surface area contributed by atoms with Gasteiger partial charge in [-0.1, -0.05) is 12.1 Å². The van der Waals surface area contributed by atoms with Crippen molar-refractivity contribution in [3.8, 4) is 0 Å². The number of benzene rings is 2. The zero-order chi connectivity index (χ0) is 17.3. The minimum Gasteiger partial charge on any atom is -0.349 e. The van der Waals surface area contributed by atoms with Crippen molar-refractivity contribution in [3.63, 3.8) is 0 Å². The van der Waals surface area contributed by atoms with Crippen LogP contribution in [0.15, 0.2) is 57.8 Å². The summed E-state index contributed by atoms with van der Waals surface area (Å²) in [6.45, 7) is -0.0972. The van der Waals surface area contributed by atoms with Crippen LogP contribution in [0, 0.1) is 5.82 Å². The summed E-state index contributed by atoms with van der Waals surface area (Å²) in [7, 11) is -2.14. The number of hydrogen-bond donors (Lipinski definition) is 1. The lowest BCUT2D eigenvalue weighted by Gasteiger charge is -2.18. The highest BCUT2D eigenvalue weighted by atomic mass is 32.2. The molecule has 1 aliphatic heterocycles. The van der Waals surface area contributed by atoms with Crippen molar-refractivity contribution in [2.24, 2.45) is 4.40 Å². The predicted molar refractivity (Wildman–Crippen MR) is 87.8 cm³/mol. The summed E-state index contributed by atoms with van der Waals surface area (Å²) in [6.07, 6.45) is 0. The summed E-state index contributed by atoms with van der Waals surface area (Å²) in [5.74, 6) is -0.541. The van der Waals surface area contributed by atoms with Crippen molar-refractivity contribution in [2.75, 3.05) is 18.9 Å². The molecule has 1 amide bonds. The fraction of sp³-hybridized carbons (Fsp3) is 0.125. The number of halogens is 1. The molecule has 0 aromatic heterocycles. The molecule has 1 aliphatic rings. The van der Waals surface area contributed by atoms with E-state index in [9.17, 15) is 17.6 Å². The number of sulfonamides is 1. The molecule has 0 unspecified atom stereocenters. The van der Waals surface area contributed by atoms with Gasteiger partial charge in [-0.3, -0.25) is 4.79 Å². The molecule has 1 N–H and O–H groups in total. The lowest BCUT2D eigenvalue weighted by Crippen LogP contribution is -2.34. The highest BCUT2D eigenvalue weighted by Crippen LogP contribution is 2.26. The number of amides is 1. The second-order valence-electron chi connectivity index (χ2n) is 5.30. The van der Waals surface area contributed by atoms with Crippen LogP contribution < -0.4 is 5.32 Å². The van der Waals surface area contributed by atoms with E-state index in [1.165, 1.54) is 35.2 Å². The zero-order valence-corrected chi connectivity index (χ0v) is 13.5. The standard InChI is InChI=1S/C16H14FN3O3S/c1-20(10-15(21)18-12-8-6-11(17)7-9-12)16-13-4-2-3-5-14(13)24(22,23)19-16/h2-9H,10H2,1H3,(H,18,21). The van der Waals surface area contributed by atoms with Crippen LogP contribution in [0.2, 0.25) is 0 Å². The summed E-state index contributed by atoms with van der Waals surface area (Å²) >= 11 is 0. The highest BCUT2D eigenvalue weighted by molar-refractivity contribution is 7.90. The van der Waals surface area contributed by atoms with Gasteiger partial charge in [-0.2, -0.15) is 8.42 Å². The number of anilines is 1. The molecular weight excluding hydrogens is 333 g/mol. The van der Waals surface area contributed by atoms with E-state index < -0.39 is 15.8 Å². The van der Waals surface area contributed by atoms with Crippen molar-refractivity contribution in [1.82, 2.24) is 4.90 Å². The minimum absolute atomic E-state index is 0.0972. The summed E-state index contributed by atoms with van der Waals surface area (Å²) in [5.41, 5.74) is 0.922. The monoisotopic (exact) mass is 347 g/mol. The van der Waals surface area contributed by atoms with Gasteiger partial charge in [-0.25, -0.2) is 4.39 Å². The maximum Gasteiger partial charge on any atom is 0.285 e. The number of rotatable bonds is 3. The van der Waals surface area contributed by atoms with Crippen LogP contribution in [0.3, 0.4) is 0 Å². The molecule has 0 saturated heterocycles. The smallest absolute Gasteiger partial charge is 0.285 e. The molecule has 0 fully saturated rings. The molecular formula is C16H14FN3O3S. The molecule has 6 nitrogen and oxygen atoms in total. The molecule has 2 aromatic rings. The quantitative estimate of drug-likeness (QED) is 0.919. The fourth-order valence-corrected chi connectivity index (χ4v) is 3.64. The molecule has 3 rings (SSSR count). The maximum atomic E-state index is 12.9. The number of nitrogens with one attached hydrogen (secondary N) is 1. The lowest BCUT2D eigenvalue weighted by atomic mass is 10.2. The van der Waals surface area contributed by atoms with E-state index >= 15 is 0 Å². The molecule has 2 aromatic carbocycles. The fourth-order valence-electron chi connectivity index (χ4n) is 2.39. The average molecular weight is 347 g/mol. The Labute approximate surface area is 138 Å². The van der Waals surface area contributed by atoms with Gasteiger partial charge in [0, 0.05) is 18.3 Å². The highest BCUT2D eigenvalue weighted by Gasteiger charge is 2.30. The number of likely N-dealkylation sites (N-methyl/N-ethyl adjacent to an activating group) is 1. The van der Waals surface area contributed by atoms with Gasteiger partial charge in [0.2, 0.25) is 5.91 Å². The van der Waals surface area contributed by atoms with Crippen molar-refractivity contribution in [3.05, 3.63) is 59.9 Å². The van der Waals surface area contributed by atoms with E-state index in [1.54, 1.807) is 25.2 Å². The first-order valence-corrected chi connectivity index (χ1v) is 8.52. The van der Waals surface area contributed by atoms with E-state index in [4.69, 9.17) is 0 Å². The van der Waals surface area contributed by atoms with Gasteiger partial charge in [0.1, 0.15) is 10.7 Å². The van der Waals surface area contributed by atoms with E-state index in [2.05, 4.69) is 9.71 Å². The van der Waals surface area contributed by atoms with E-state index in [0.717, 1.165) is 0 Å². The van der Waals surface area contributed by atoms with Gasteiger partial charge < -0.3 is 10.2 Å². The summed E-state index contributed by atoms with van der Waals surface area (Å²) in [6, 6.07) is 11.8. The summed E-state index contributed by atoms with van der Waals surface area (Å²) < 4.78 is 40.7. The number of fused-ring (bicyclic) bond motifs is 1. The first kappa shape index (κ1) is 16.1. The van der Waals surface area contributed by atoms with Crippen LogP contribution in [-0.4, -0.2) is 38.7 Å². The van der Waals surface area contributed by atoms with Gasteiger partial charge in [0.05, 0.1) is 6.54 Å². The predicted octanol–water partition coefficient (Wildman–Crippen LogP) is 1.85.